The smallest absolute Gasteiger partial charge is 0.328 e. The maximum atomic E-state index is 11.6. The molecule has 0 unspecified atom stereocenters. The summed E-state index contributed by atoms with van der Waals surface area (Å²) in [6, 6.07) is 4.49. The first-order valence-electron chi connectivity index (χ1n) is 5.20. The Morgan fingerprint density at radius 3 is 2.41 bits per heavy atom. The van der Waals surface area contributed by atoms with E-state index in [1.54, 1.807) is 6.07 Å². The fourth-order valence-corrected chi connectivity index (χ4v) is 1.41. The molecule has 0 heterocycles. The second kappa shape index (κ2) is 5.30. The lowest BCUT2D eigenvalue weighted by atomic mass is 9.98. The Bertz CT molecular complexity index is 472. The summed E-state index contributed by atoms with van der Waals surface area (Å²) in [4.78, 5) is 21.9. The second-order valence-corrected chi connectivity index (χ2v) is 3.96. The van der Waals surface area contributed by atoms with Crippen LogP contribution in [0.5, 0.6) is 5.75 Å². The Morgan fingerprint density at radius 2 is 1.88 bits per heavy atom. The van der Waals surface area contributed by atoms with Crippen molar-refractivity contribution in [3.05, 3.63) is 41.5 Å². The monoisotopic (exact) mass is 234 g/mol. The first-order valence-corrected chi connectivity index (χ1v) is 5.20. The van der Waals surface area contributed by atoms with Gasteiger partial charge in [0.1, 0.15) is 5.75 Å². The number of carboxylic acids is 1. The number of hydrogen-bond acceptors (Lipinski definition) is 3. The van der Waals surface area contributed by atoms with E-state index in [9.17, 15) is 14.7 Å². The average Bonchev–Trinajstić information content (AvgIpc) is 2.26. The van der Waals surface area contributed by atoms with E-state index in [0.717, 1.165) is 12.2 Å². The maximum Gasteiger partial charge on any atom is 0.328 e. The van der Waals surface area contributed by atoms with Crippen molar-refractivity contribution >= 4 is 11.8 Å². The summed E-state index contributed by atoms with van der Waals surface area (Å²) in [6.45, 7) is 3.80. The molecule has 0 saturated carbocycles. The summed E-state index contributed by atoms with van der Waals surface area (Å²) in [5.41, 5.74) is 1.03. The number of aromatic hydroxyl groups is 1. The molecule has 0 amide bonds. The summed E-state index contributed by atoms with van der Waals surface area (Å²) >= 11 is 0. The Morgan fingerprint density at radius 1 is 1.24 bits per heavy atom. The molecule has 1 aromatic carbocycles. The average molecular weight is 234 g/mol. The number of phenols is 1. The minimum Gasteiger partial charge on any atom is -0.508 e. The van der Waals surface area contributed by atoms with Gasteiger partial charge >= 0.3 is 5.97 Å². The van der Waals surface area contributed by atoms with Gasteiger partial charge in [-0.15, -0.1) is 0 Å². The number of phenolic OH excluding ortho intramolecular Hbond substituents is 1. The molecule has 0 aliphatic rings. The highest BCUT2D eigenvalue weighted by molar-refractivity contribution is 6.07. The molecular weight excluding hydrogens is 220 g/mol. The number of benzene rings is 1. The lowest BCUT2D eigenvalue weighted by Crippen LogP contribution is -1.99. The summed E-state index contributed by atoms with van der Waals surface area (Å²) < 4.78 is 0. The van der Waals surface area contributed by atoms with Crippen LogP contribution in [0.25, 0.3) is 0 Å². The Kier molecular flexibility index (Phi) is 4.04. The van der Waals surface area contributed by atoms with Crippen molar-refractivity contribution in [3.63, 3.8) is 0 Å². The fourth-order valence-electron chi connectivity index (χ4n) is 1.41. The van der Waals surface area contributed by atoms with Crippen molar-refractivity contribution in [3.8, 4) is 5.75 Å². The van der Waals surface area contributed by atoms with Crippen LogP contribution in [0.3, 0.4) is 0 Å². The van der Waals surface area contributed by atoms with E-state index >= 15 is 0 Å². The third-order valence-electron chi connectivity index (χ3n) is 2.31. The molecule has 0 spiro atoms. The molecule has 0 atom stereocenters. The highest BCUT2D eigenvalue weighted by Gasteiger charge is 2.10. The summed E-state index contributed by atoms with van der Waals surface area (Å²) in [7, 11) is 0. The lowest BCUT2D eigenvalue weighted by Gasteiger charge is -2.09. The van der Waals surface area contributed by atoms with Gasteiger partial charge in [-0.1, -0.05) is 13.8 Å². The van der Waals surface area contributed by atoms with E-state index < -0.39 is 11.8 Å². The number of carbonyl (C=O) groups is 2. The summed E-state index contributed by atoms with van der Waals surface area (Å²) in [5.74, 6) is -1.33. The zero-order valence-corrected chi connectivity index (χ0v) is 9.68. The standard InChI is InChI=1S/C13H14O4/c1-8(2)10-7-9(3-4-12(10)15)11(14)5-6-13(16)17/h3-8,15H,1-2H3,(H,16,17)/b6-5+. The van der Waals surface area contributed by atoms with Gasteiger partial charge in [-0.25, -0.2) is 4.79 Å². The largest absolute Gasteiger partial charge is 0.508 e. The van der Waals surface area contributed by atoms with Gasteiger partial charge in [0.15, 0.2) is 5.78 Å². The van der Waals surface area contributed by atoms with E-state index in [0.29, 0.717) is 11.1 Å². The van der Waals surface area contributed by atoms with Crippen LogP contribution >= 0.6 is 0 Å². The number of carboxylic acid groups (broad SMARTS) is 1. The van der Waals surface area contributed by atoms with Crippen LogP contribution in [0.4, 0.5) is 0 Å². The molecule has 0 aliphatic carbocycles. The van der Waals surface area contributed by atoms with Crippen molar-refractivity contribution in [2.75, 3.05) is 0 Å². The van der Waals surface area contributed by atoms with Gasteiger partial charge < -0.3 is 10.2 Å². The molecular formula is C13H14O4. The van der Waals surface area contributed by atoms with Crippen LogP contribution in [-0.2, 0) is 4.79 Å². The van der Waals surface area contributed by atoms with E-state index in [-0.39, 0.29) is 11.7 Å². The van der Waals surface area contributed by atoms with Crippen LogP contribution in [0.15, 0.2) is 30.4 Å². The van der Waals surface area contributed by atoms with Crippen LogP contribution < -0.4 is 0 Å². The van der Waals surface area contributed by atoms with Crippen LogP contribution in [-0.4, -0.2) is 22.0 Å². The molecule has 0 aliphatic heterocycles. The van der Waals surface area contributed by atoms with Crippen LogP contribution in [0.1, 0.15) is 35.7 Å². The molecule has 1 aromatic rings. The number of carbonyl (C=O) groups excluding carboxylic acids is 1. The van der Waals surface area contributed by atoms with Gasteiger partial charge in [0.05, 0.1) is 0 Å². The first kappa shape index (κ1) is 13.0. The van der Waals surface area contributed by atoms with Crippen molar-refractivity contribution in [2.24, 2.45) is 0 Å². The lowest BCUT2D eigenvalue weighted by molar-refractivity contribution is -0.131. The molecule has 4 heteroatoms. The van der Waals surface area contributed by atoms with Crippen LogP contribution in [0.2, 0.25) is 0 Å². The predicted molar refractivity (Wildman–Crippen MR) is 63.3 cm³/mol. The van der Waals surface area contributed by atoms with E-state index in [1.807, 2.05) is 13.8 Å². The van der Waals surface area contributed by atoms with Gasteiger partial charge in [-0.05, 0) is 35.8 Å². The molecule has 0 radical (unpaired) electrons. The molecule has 90 valence electrons. The number of allylic oxidation sites excluding steroid dienone is 1. The van der Waals surface area contributed by atoms with Crippen molar-refractivity contribution in [2.45, 2.75) is 19.8 Å². The van der Waals surface area contributed by atoms with E-state index in [2.05, 4.69) is 0 Å². The minimum absolute atomic E-state index is 0.0891. The molecule has 0 fully saturated rings. The Balaban J connectivity index is 3.04. The summed E-state index contributed by atoms with van der Waals surface area (Å²) in [5, 5.41) is 18.0. The van der Waals surface area contributed by atoms with E-state index in [4.69, 9.17) is 5.11 Å². The minimum atomic E-state index is -1.17. The SMILES string of the molecule is CC(C)c1cc(C(=O)/C=C/C(=O)O)ccc1O. The van der Waals surface area contributed by atoms with Crippen LogP contribution in [0, 0.1) is 0 Å². The highest BCUT2D eigenvalue weighted by atomic mass is 16.4. The number of rotatable bonds is 4. The molecule has 4 nitrogen and oxygen atoms in total. The van der Waals surface area contributed by atoms with Gasteiger partial charge in [0, 0.05) is 11.6 Å². The predicted octanol–water partition coefficient (Wildman–Crippen LogP) is 2.34. The molecule has 0 aromatic heterocycles. The quantitative estimate of drug-likeness (QED) is 0.619. The number of aliphatic carboxylic acids is 1. The van der Waals surface area contributed by atoms with Crippen molar-refractivity contribution < 1.29 is 19.8 Å². The normalized spacial score (nSPS) is 11.0. The van der Waals surface area contributed by atoms with E-state index in [1.165, 1.54) is 12.1 Å². The van der Waals surface area contributed by atoms with Crippen molar-refractivity contribution in [1.82, 2.24) is 0 Å². The molecule has 17 heavy (non-hydrogen) atoms. The highest BCUT2D eigenvalue weighted by Crippen LogP contribution is 2.26. The third kappa shape index (κ3) is 3.45. The number of hydrogen-bond donors (Lipinski definition) is 2. The maximum absolute atomic E-state index is 11.6. The van der Waals surface area contributed by atoms with Gasteiger partial charge in [-0.2, -0.15) is 0 Å². The first-order chi connectivity index (χ1) is 7.91. The Hall–Kier alpha value is -2.10. The fraction of sp³-hybridized carbons (Fsp3) is 0.231. The van der Waals surface area contributed by atoms with Gasteiger partial charge in [0.25, 0.3) is 0 Å². The number of ketones is 1. The molecule has 0 bridgehead atoms. The topological polar surface area (TPSA) is 74.6 Å². The molecule has 2 N–H and O–H groups in total. The van der Waals surface area contributed by atoms with Gasteiger partial charge in [0.2, 0.25) is 0 Å². The Labute approximate surface area is 99.2 Å². The second-order valence-electron chi connectivity index (χ2n) is 3.96. The van der Waals surface area contributed by atoms with Crippen molar-refractivity contribution in [1.29, 1.82) is 0 Å². The zero-order valence-electron chi connectivity index (χ0n) is 9.68. The van der Waals surface area contributed by atoms with Gasteiger partial charge in [-0.3, -0.25) is 4.79 Å². The molecule has 0 saturated heterocycles. The summed E-state index contributed by atoms with van der Waals surface area (Å²) in [6.07, 6.45) is 1.79. The zero-order chi connectivity index (χ0) is 13.0. The third-order valence-corrected chi connectivity index (χ3v) is 2.31. The molecule has 1 rings (SSSR count).